The molecule has 1 fully saturated rings. The minimum absolute atomic E-state index is 0.143. The lowest BCUT2D eigenvalue weighted by Gasteiger charge is -2.16. The molecule has 3 rings (SSSR count). The largest absolute Gasteiger partial charge is 0.394 e. The van der Waals surface area contributed by atoms with E-state index in [2.05, 4.69) is 4.98 Å². The second-order valence-corrected chi connectivity index (χ2v) is 5.21. The van der Waals surface area contributed by atoms with Gasteiger partial charge in [0.15, 0.2) is 0 Å². The Bertz CT molecular complexity index is 716. The number of rotatable bonds is 3. The van der Waals surface area contributed by atoms with Gasteiger partial charge in [0.2, 0.25) is 0 Å². The fourth-order valence-corrected chi connectivity index (χ4v) is 2.58. The van der Waals surface area contributed by atoms with Gasteiger partial charge < -0.3 is 20.7 Å². The third-order valence-corrected chi connectivity index (χ3v) is 3.76. The number of aromatic nitrogens is 2. The second kappa shape index (κ2) is 5.88. The molecule has 1 aromatic heterocycles. The lowest BCUT2D eigenvalue weighted by Crippen LogP contribution is -2.28. The molecule has 4 N–H and O–H groups in total. The Morgan fingerprint density at radius 3 is 2.73 bits per heavy atom. The van der Waals surface area contributed by atoms with Crippen LogP contribution in [0.1, 0.15) is 12.6 Å². The van der Waals surface area contributed by atoms with Crippen LogP contribution < -0.4 is 11.4 Å². The number of anilines is 1. The van der Waals surface area contributed by atoms with Crippen molar-refractivity contribution in [2.45, 2.75) is 24.9 Å². The molecule has 1 aliphatic rings. The summed E-state index contributed by atoms with van der Waals surface area (Å²) in [4.78, 5) is 15.9. The predicted octanol–water partition coefficient (Wildman–Crippen LogP) is 0.133. The minimum atomic E-state index is -0.820. The van der Waals surface area contributed by atoms with Crippen LogP contribution in [0.4, 0.5) is 5.82 Å². The summed E-state index contributed by atoms with van der Waals surface area (Å²) in [6, 6.07) is 9.33. The number of nitrogens with two attached hydrogens (primary N) is 1. The van der Waals surface area contributed by atoms with Gasteiger partial charge in [-0.3, -0.25) is 4.57 Å². The zero-order valence-corrected chi connectivity index (χ0v) is 11.8. The molecular formula is C15H17N3O4. The van der Waals surface area contributed by atoms with Crippen molar-refractivity contribution in [1.82, 2.24) is 9.55 Å². The van der Waals surface area contributed by atoms with Gasteiger partial charge in [-0.15, -0.1) is 0 Å². The highest BCUT2D eigenvalue weighted by Gasteiger charge is 2.35. The molecule has 0 radical (unpaired) electrons. The van der Waals surface area contributed by atoms with Crippen molar-refractivity contribution >= 4 is 5.82 Å². The minimum Gasteiger partial charge on any atom is -0.394 e. The summed E-state index contributed by atoms with van der Waals surface area (Å²) < 4.78 is 6.81. The van der Waals surface area contributed by atoms with Crippen LogP contribution >= 0.6 is 0 Å². The topological polar surface area (TPSA) is 111 Å². The molecular weight excluding hydrogens is 286 g/mol. The Labute approximate surface area is 126 Å². The normalized spacial score (nSPS) is 24.5. The average molecular weight is 303 g/mol. The fourth-order valence-electron chi connectivity index (χ4n) is 2.58. The summed E-state index contributed by atoms with van der Waals surface area (Å²) in [7, 11) is 0. The molecule has 0 bridgehead atoms. The molecule has 2 aromatic rings. The second-order valence-electron chi connectivity index (χ2n) is 5.21. The molecule has 0 spiro atoms. The standard InChI is InChI=1S/C15H17N3O4/c16-14-10(9-4-2-1-3-5-9)7-18(15(21)17-14)13-6-11(20)12(8-19)22-13/h1-5,7,11-13,19-20H,6,8H2,(H2,16,17,21)/t11-,12+,13+/m0/s1. The van der Waals surface area contributed by atoms with Gasteiger partial charge in [-0.05, 0) is 5.56 Å². The number of benzene rings is 1. The SMILES string of the molecule is Nc1nc(=O)n([C@H]2C[C@H](O)[C@@H](CO)O2)cc1-c1ccccc1. The smallest absolute Gasteiger partial charge is 0.351 e. The van der Waals surface area contributed by atoms with Gasteiger partial charge in [0.25, 0.3) is 0 Å². The van der Waals surface area contributed by atoms with Crippen molar-refractivity contribution in [1.29, 1.82) is 0 Å². The Hall–Kier alpha value is -2.22. The molecule has 1 aromatic carbocycles. The molecule has 0 unspecified atom stereocenters. The molecule has 1 aliphatic heterocycles. The average Bonchev–Trinajstić information content (AvgIpc) is 2.89. The zero-order valence-electron chi connectivity index (χ0n) is 11.8. The van der Waals surface area contributed by atoms with Gasteiger partial charge in [-0.2, -0.15) is 4.98 Å². The van der Waals surface area contributed by atoms with Crippen molar-refractivity contribution in [2.75, 3.05) is 12.3 Å². The first-order valence-electron chi connectivity index (χ1n) is 6.98. The van der Waals surface area contributed by atoms with Crippen LogP contribution in [0.15, 0.2) is 41.3 Å². The third-order valence-electron chi connectivity index (χ3n) is 3.76. The van der Waals surface area contributed by atoms with Gasteiger partial charge in [0.1, 0.15) is 18.1 Å². The van der Waals surface area contributed by atoms with Crippen molar-refractivity contribution in [2.24, 2.45) is 0 Å². The van der Waals surface area contributed by atoms with Crippen molar-refractivity contribution < 1.29 is 14.9 Å². The molecule has 22 heavy (non-hydrogen) atoms. The fraction of sp³-hybridized carbons (Fsp3) is 0.333. The molecule has 7 nitrogen and oxygen atoms in total. The molecule has 0 amide bonds. The van der Waals surface area contributed by atoms with Gasteiger partial charge in [-0.25, -0.2) is 4.79 Å². The van der Waals surface area contributed by atoms with Crippen LogP contribution in [-0.4, -0.2) is 38.6 Å². The van der Waals surface area contributed by atoms with Crippen LogP contribution in [0, 0.1) is 0 Å². The number of aliphatic hydroxyl groups is 2. The van der Waals surface area contributed by atoms with E-state index in [1.165, 1.54) is 4.57 Å². The number of nitrogen functional groups attached to an aromatic ring is 1. The van der Waals surface area contributed by atoms with Crippen molar-refractivity contribution in [3.05, 3.63) is 47.0 Å². The highest BCUT2D eigenvalue weighted by molar-refractivity contribution is 5.72. The Morgan fingerprint density at radius 2 is 2.09 bits per heavy atom. The molecule has 3 atom stereocenters. The number of ether oxygens (including phenoxy) is 1. The number of hydrogen-bond acceptors (Lipinski definition) is 6. The first-order valence-corrected chi connectivity index (χ1v) is 6.98. The van der Waals surface area contributed by atoms with E-state index >= 15 is 0 Å². The lowest BCUT2D eigenvalue weighted by molar-refractivity contribution is -0.0458. The van der Waals surface area contributed by atoms with Crippen LogP contribution in [0.2, 0.25) is 0 Å². The van der Waals surface area contributed by atoms with Crippen LogP contribution in [0.25, 0.3) is 11.1 Å². The first-order chi connectivity index (χ1) is 10.6. The summed E-state index contributed by atoms with van der Waals surface area (Å²) in [5.74, 6) is 0.143. The Morgan fingerprint density at radius 1 is 1.36 bits per heavy atom. The molecule has 0 saturated carbocycles. The summed E-state index contributed by atoms with van der Waals surface area (Å²) in [5.41, 5.74) is 6.75. The maximum Gasteiger partial charge on any atom is 0.351 e. The van der Waals surface area contributed by atoms with E-state index < -0.39 is 24.1 Å². The summed E-state index contributed by atoms with van der Waals surface area (Å²) in [6.07, 6.45) is -0.397. The lowest BCUT2D eigenvalue weighted by atomic mass is 10.1. The maximum absolute atomic E-state index is 12.1. The Kier molecular flexibility index (Phi) is 3.93. The van der Waals surface area contributed by atoms with E-state index in [1.54, 1.807) is 6.20 Å². The summed E-state index contributed by atoms with van der Waals surface area (Å²) in [6.45, 7) is -0.305. The monoisotopic (exact) mass is 303 g/mol. The highest BCUT2D eigenvalue weighted by Crippen LogP contribution is 2.29. The number of nitrogens with zero attached hydrogens (tertiary/aromatic N) is 2. The van der Waals surface area contributed by atoms with E-state index in [4.69, 9.17) is 15.6 Å². The van der Waals surface area contributed by atoms with Crippen molar-refractivity contribution in [3.8, 4) is 11.1 Å². The van der Waals surface area contributed by atoms with Crippen molar-refractivity contribution in [3.63, 3.8) is 0 Å². The molecule has 1 saturated heterocycles. The summed E-state index contributed by atoms with van der Waals surface area (Å²) in [5, 5.41) is 18.9. The van der Waals surface area contributed by atoms with Crippen LogP contribution in [-0.2, 0) is 4.74 Å². The summed E-state index contributed by atoms with van der Waals surface area (Å²) >= 11 is 0. The highest BCUT2D eigenvalue weighted by atomic mass is 16.5. The molecule has 116 valence electrons. The molecule has 7 heteroatoms. The van der Waals surface area contributed by atoms with E-state index in [1.807, 2.05) is 30.3 Å². The number of aliphatic hydroxyl groups excluding tert-OH is 2. The number of hydrogen-bond donors (Lipinski definition) is 3. The third kappa shape index (κ3) is 2.61. The first kappa shape index (κ1) is 14.7. The Balaban J connectivity index is 2.01. The van der Waals surface area contributed by atoms with Crippen LogP contribution in [0.3, 0.4) is 0 Å². The zero-order chi connectivity index (χ0) is 15.7. The predicted molar refractivity (Wildman–Crippen MR) is 80.0 cm³/mol. The van der Waals surface area contributed by atoms with E-state index in [0.717, 1.165) is 5.56 Å². The quantitative estimate of drug-likeness (QED) is 0.743. The van der Waals surface area contributed by atoms with Gasteiger partial charge >= 0.3 is 5.69 Å². The van der Waals surface area contributed by atoms with E-state index in [9.17, 15) is 9.90 Å². The molecule has 0 aliphatic carbocycles. The van der Waals surface area contributed by atoms with E-state index in [0.29, 0.717) is 5.56 Å². The van der Waals surface area contributed by atoms with Gasteiger partial charge in [0, 0.05) is 18.2 Å². The van der Waals surface area contributed by atoms with Gasteiger partial charge in [-0.1, -0.05) is 30.3 Å². The van der Waals surface area contributed by atoms with Gasteiger partial charge in [0.05, 0.1) is 12.7 Å². The molecule has 2 heterocycles. The van der Waals surface area contributed by atoms with Crippen LogP contribution in [0.5, 0.6) is 0 Å². The van der Waals surface area contributed by atoms with E-state index in [-0.39, 0.29) is 18.8 Å². The maximum atomic E-state index is 12.1.